The molecule has 1 aromatic rings. The van der Waals surface area contributed by atoms with Crippen molar-refractivity contribution in [3.05, 3.63) is 30.1 Å². The predicted molar refractivity (Wildman–Crippen MR) is 44.5 cm³/mol. The highest BCUT2D eigenvalue weighted by molar-refractivity contribution is 5.33. The minimum absolute atomic E-state index is 0.0446. The van der Waals surface area contributed by atoms with Crippen LogP contribution in [0.3, 0.4) is 0 Å². The van der Waals surface area contributed by atoms with Gasteiger partial charge in [-0.15, -0.1) is 0 Å². The van der Waals surface area contributed by atoms with E-state index in [1.807, 2.05) is 0 Å². The molecule has 0 aromatic carbocycles. The van der Waals surface area contributed by atoms with Crippen molar-refractivity contribution < 1.29 is 8.78 Å². The van der Waals surface area contributed by atoms with E-state index < -0.39 is 11.3 Å². The second kappa shape index (κ2) is 2.48. The van der Waals surface area contributed by atoms with Crippen LogP contribution in [0.15, 0.2) is 24.4 Å². The number of aromatic nitrogens is 1. The molecule has 0 amide bonds. The Balaban J connectivity index is 2.37. The molecule has 1 fully saturated rings. The molecular weight excluding hydrogens is 174 g/mol. The van der Waals surface area contributed by atoms with E-state index in [0.717, 1.165) is 0 Å². The molecule has 1 aliphatic carbocycles. The van der Waals surface area contributed by atoms with Gasteiger partial charge in [-0.05, 0) is 12.1 Å². The third-order valence-corrected chi connectivity index (χ3v) is 2.60. The van der Waals surface area contributed by atoms with Crippen LogP contribution >= 0.6 is 0 Å². The van der Waals surface area contributed by atoms with E-state index in [1.54, 1.807) is 18.2 Å². The summed E-state index contributed by atoms with van der Waals surface area (Å²) in [5, 5.41) is 0. The molecule has 1 atom stereocenters. The van der Waals surface area contributed by atoms with E-state index in [0.29, 0.717) is 5.69 Å². The van der Waals surface area contributed by atoms with Gasteiger partial charge < -0.3 is 5.73 Å². The molecule has 1 unspecified atom stereocenters. The summed E-state index contributed by atoms with van der Waals surface area (Å²) in [7, 11) is 0. The van der Waals surface area contributed by atoms with Crippen LogP contribution in [0.2, 0.25) is 0 Å². The molecule has 13 heavy (non-hydrogen) atoms. The molecule has 2 N–H and O–H groups in total. The van der Waals surface area contributed by atoms with Crippen molar-refractivity contribution in [2.45, 2.75) is 17.8 Å². The number of halogens is 2. The monoisotopic (exact) mass is 184 g/mol. The first kappa shape index (κ1) is 8.56. The van der Waals surface area contributed by atoms with Crippen LogP contribution in [0, 0.1) is 0 Å². The Morgan fingerprint density at radius 2 is 2.15 bits per heavy atom. The molecule has 4 heteroatoms. The quantitative estimate of drug-likeness (QED) is 0.752. The van der Waals surface area contributed by atoms with Gasteiger partial charge in [-0.2, -0.15) is 0 Å². The van der Waals surface area contributed by atoms with Crippen molar-refractivity contribution in [1.82, 2.24) is 4.98 Å². The number of hydrogen-bond donors (Lipinski definition) is 1. The fraction of sp³-hybridized carbons (Fsp3) is 0.444. The smallest absolute Gasteiger partial charge is 0.261 e. The van der Waals surface area contributed by atoms with Crippen LogP contribution in [0.5, 0.6) is 0 Å². The van der Waals surface area contributed by atoms with Gasteiger partial charge in [0.1, 0.15) is 0 Å². The Morgan fingerprint density at radius 3 is 2.54 bits per heavy atom. The second-order valence-electron chi connectivity index (χ2n) is 3.38. The number of hydrogen-bond acceptors (Lipinski definition) is 2. The molecule has 1 saturated carbocycles. The van der Waals surface area contributed by atoms with Gasteiger partial charge in [0.2, 0.25) is 0 Å². The van der Waals surface area contributed by atoms with Crippen molar-refractivity contribution in [3.63, 3.8) is 0 Å². The van der Waals surface area contributed by atoms with E-state index in [-0.39, 0.29) is 13.0 Å². The molecule has 1 aromatic heterocycles. The SMILES string of the molecule is NCC1(c2ccccn2)CC1(F)F. The Bertz CT molecular complexity index is 313. The Kier molecular flexibility index (Phi) is 1.63. The topological polar surface area (TPSA) is 38.9 Å². The summed E-state index contributed by atoms with van der Waals surface area (Å²) in [6, 6.07) is 5.01. The van der Waals surface area contributed by atoms with Gasteiger partial charge in [0.25, 0.3) is 5.92 Å². The van der Waals surface area contributed by atoms with Gasteiger partial charge in [0.05, 0.1) is 11.1 Å². The summed E-state index contributed by atoms with van der Waals surface area (Å²) >= 11 is 0. The van der Waals surface area contributed by atoms with Gasteiger partial charge in [-0.1, -0.05) is 6.07 Å². The molecule has 2 rings (SSSR count). The van der Waals surface area contributed by atoms with E-state index in [9.17, 15) is 8.78 Å². The number of rotatable bonds is 2. The third kappa shape index (κ3) is 1.05. The molecule has 0 bridgehead atoms. The third-order valence-electron chi connectivity index (χ3n) is 2.60. The average molecular weight is 184 g/mol. The summed E-state index contributed by atoms with van der Waals surface area (Å²) < 4.78 is 26.0. The maximum absolute atomic E-state index is 13.0. The fourth-order valence-corrected chi connectivity index (χ4v) is 1.58. The lowest BCUT2D eigenvalue weighted by atomic mass is 10.0. The van der Waals surface area contributed by atoms with Crippen LogP contribution in [-0.2, 0) is 5.41 Å². The molecule has 0 radical (unpaired) electrons. The number of alkyl halides is 2. The van der Waals surface area contributed by atoms with Crippen LogP contribution in [0.25, 0.3) is 0 Å². The van der Waals surface area contributed by atoms with Crippen LogP contribution in [-0.4, -0.2) is 17.5 Å². The van der Waals surface area contributed by atoms with Gasteiger partial charge in [0, 0.05) is 19.2 Å². The summed E-state index contributed by atoms with van der Waals surface area (Å²) in [6.45, 7) is -0.0446. The first-order valence-electron chi connectivity index (χ1n) is 4.12. The molecule has 2 nitrogen and oxygen atoms in total. The highest BCUT2D eigenvalue weighted by Crippen LogP contribution is 2.60. The maximum Gasteiger partial charge on any atom is 0.261 e. The Hall–Kier alpha value is -1.03. The van der Waals surface area contributed by atoms with Gasteiger partial charge >= 0.3 is 0 Å². The molecule has 1 heterocycles. The maximum atomic E-state index is 13.0. The standard InChI is InChI=1S/C9H10F2N2/c10-9(11)5-8(9,6-12)7-3-1-2-4-13-7/h1-4H,5-6,12H2. The largest absolute Gasteiger partial charge is 0.329 e. The molecule has 1 aliphatic rings. The minimum atomic E-state index is -2.67. The fourth-order valence-electron chi connectivity index (χ4n) is 1.58. The molecule has 0 spiro atoms. The highest BCUT2D eigenvalue weighted by Gasteiger charge is 2.72. The van der Waals surface area contributed by atoms with Crippen molar-refractivity contribution in [3.8, 4) is 0 Å². The summed E-state index contributed by atoms with van der Waals surface area (Å²) in [4.78, 5) is 3.92. The molecule has 0 saturated heterocycles. The van der Waals surface area contributed by atoms with Crippen LogP contribution < -0.4 is 5.73 Å². The lowest BCUT2D eigenvalue weighted by Crippen LogP contribution is -2.27. The first-order chi connectivity index (χ1) is 6.12. The van der Waals surface area contributed by atoms with Crippen molar-refractivity contribution in [2.75, 3.05) is 6.54 Å². The average Bonchev–Trinajstić information content (AvgIpc) is 2.72. The predicted octanol–water partition coefficient (Wildman–Crippen LogP) is 1.32. The summed E-state index contributed by atoms with van der Waals surface area (Å²) in [5.41, 5.74) is 4.58. The van der Waals surface area contributed by atoms with Gasteiger partial charge in [0.15, 0.2) is 0 Å². The van der Waals surface area contributed by atoms with Gasteiger partial charge in [-0.25, -0.2) is 8.78 Å². The minimum Gasteiger partial charge on any atom is -0.329 e. The zero-order valence-corrected chi connectivity index (χ0v) is 7.00. The van der Waals surface area contributed by atoms with Crippen molar-refractivity contribution in [1.29, 1.82) is 0 Å². The van der Waals surface area contributed by atoms with E-state index >= 15 is 0 Å². The van der Waals surface area contributed by atoms with Crippen LogP contribution in [0.1, 0.15) is 12.1 Å². The normalized spacial score (nSPS) is 30.1. The molecular formula is C9H10F2N2. The van der Waals surface area contributed by atoms with E-state index in [4.69, 9.17) is 5.73 Å². The lowest BCUT2D eigenvalue weighted by Gasteiger charge is -2.12. The van der Waals surface area contributed by atoms with Crippen LogP contribution in [0.4, 0.5) is 8.78 Å². The Labute approximate surface area is 74.8 Å². The molecule has 70 valence electrons. The van der Waals surface area contributed by atoms with Gasteiger partial charge in [-0.3, -0.25) is 4.98 Å². The summed E-state index contributed by atoms with van der Waals surface area (Å²) in [5.74, 6) is -2.67. The zero-order chi connectivity index (χ0) is 9.53. The second-order valence-corrected chi connectivity index (χ2v) is 3.38. The highest BCUT2D eigenvalue weighted by atomic mass is 19.3. The number of nitrogens with zero attached hydrogens (tertiary/aromatic N) is 1. The first-order valence-corrected chi connectivity index (χ1v) is 4.12. The zero-order valence-electron chi connectivity index (χ0n) is 7.00. The summed E-state index contributed by atoms with van der Waals surface area (Å²) in [6.07, 6.45) is 1.34. The lowest BCUT2D eigenvalue weighted by molar-refractivity contribution is 0.0886. The van der Waals surface area contributed by atoms with E-state index in [1.165, 1.54) is 6.20 Å². The van der Waals surface area contributed by atoms with Crippen molar-refractivity contribution in [2.24, 2.45) is 5.73 Å². The van der Waals surface area contributed by atoms with E-state index in [2.05, 4.69) is 4.98 Å². The molecule has 0 aliphatic heterocycles. The number of pyridine rings is 1. The number of nitrogens with two attached hydrogens (primary N) is 1. The van der Waals surface area contributed by atoms with Crippen molar-refractivity contribution >= 4 is 0 Å². The Morgan fingerprint density at radius 1 is 1.46 bits per heavy atom.